The molecule has 0 aromatic heterocycles. The summed E-state index contributed by atoms with van der Waals surface area (Å²) in [5.74, 6) is -0.0756. The third-order valence-electron chi connectivity index (χ3n) is 3.63. The van der Waals surface area contributed by atoms with Crippen LogP contribution < -0.4 is 15.9 Å². The van der Waals surface area contributed by atoms with Crippen LogP contribution >= 0.6 is 7.29 Å². The Bertz CT molecular complexity index is 630. The van der Waals surface area contributed by atoms with E-state index < -0.39 is 7.29 Å². The topological polar surface area (TPSA) is 49.4 Å². The zero-order valence-electron chi connectivity index (χ0n) is 11.6. The number of nitrogens with zero attached hydrogens (tertiary/aromatic N) is 1. The predicted octanol–water partition coefficient (Wildman–Crippen LogP) is 1.35. The Morgan fingerprint density at radius 3 is 1.90 bits per heavy atom. The molecule has 0 bridgehead atoms. The zero-order chi connectivity index (χ0) is 14.7. The van der Waals surface area contributed by atoms with Gasteiger partial charge < -0.3 is 5.32 Å². The molecule has 3 rings (SSSR count). The highest BCUT2D eigenvalue weighted by molar-refractivity contribution is 7.76. The van der Waals surface area contributed by atoms with Crippen LogP contribution in [0, 0.1) is 0 Å². The number of nitrogens with one attached hydrogen (secondary N) is 1. The van der Waals surface area contributed by atoms with Crippen molar-refractivity contribution in [2.75, 3.05) is 19.6 Å². The summed E-state index contributed by atoms with van der Waals surface area (Å²) in [5, 5.41) is 4.32. The minimum absolute atomic E-state index is 0.0756. The van der Waals surface area contributed by atoms with Gasteiger partial charge in [-0.15, -0.1) is 0 Å². The van der Waals surface area contributed by atoms with Crippen LogP contribution in [0.1, 0.15) is 0 Å². The van der Waals surface area contributed by atoms with Crippen LogP contribution in [0.2, 0.25) is 0 Å². The third-order valence-corrected chi connectivity index (χ3v) is 6.76. The summed E-state index contributed by atoms with van der Waals surface area (Å²) in [7, 11) is -2.96. The molecule has 1 amide bonds. The first-order valence-corrected chi connectivity index (χ1v) is 8.60. The highest BCUT2D eigenvalue weighted by Gasteiger charge is 2.36. The number of piperazine rings is 1. The van der Waals surface area contributed by atoms with Crippen molar-refractivity contribution in [2.24, 2.45) is 0 Å². The normalized spacial score (nSPS) is 16.5. The SMILES string of the molecule is O=C1CN(P(=O)(c2ccccc2)c2ccccc2)CCN1. The van der Waals surface area contributed by atoms with Gasteiger partial charge in [-0.1, -0.05) is 36.4 Å². The molecule has 1 aliphatic rings. The zero-order valence-corrected chi connectivity index (χ0v) is 12.5. The first-order valence-electron chi connectivity index (χ1n) is 6.94. The van der Waals surface area contributed by atoms with Crippen molar-refractivity contribution in [3.05, 3.63) is 60.7 Å². The molecular formula is C16H17N2O2P. The number of carbonyl (C=O) groups excluding carboxylic acids is 1. The van der Waals surface area contributed by atoms with E-state index in [0.717, 1.165) is 10.6 Å². The predicted molar refractivity (Wildman–Crippen MR) is 84.3 cm³/mol. The Hall–Kier alpha value is -1.90. The summed E-state index contributed by atoms with van der Waals surface area (Å²) >= 11 is 0. The summed E-state index contributed by atoms with van der Waals surface area (Å²) in [6.07, 6.45) is 0. The summed E-state index contributed by atoms with van der Waals surface area (Å²) in [4.78, 5) is 11.7. The lowest BCUT2D eigenvalue weighted by atomic mass is 10.4. The maximum absolute atomic E-state index is 13.9. The van der Waals surface area contributed by atoms with Crippen molar-refractivity contribution < 1.29 is 9.36 Å². The Balaban J connectivity index is 2.11. The molecule has 1 saturated heterocycles. The summed E-state index contributed by atoms with van der Waals surface area (Å²) in [6, 6.07) is 18.8. The second-order valence-electron chi connectivity index (χ2n) is 4.99. The number of amides is 1. The van der Waals surface area contributed by atoms with Crippen LogP contribution in [0.4, 0.5) is 0 Å². The minimum atomic E-state index is -2.96. The van der Waals surface area contributed by atoms with Crippen LogP contribution in [0.15, 0.2) is 60.7 Å². The Kier molecular flexibility index (Phi) is 3.91. The van der Waals surface area contributed by atoms with Gasteiger partial charge in [-0.05, 0) is 24.3 Å². The fourth-order valence-corrected chi connectivity index (χ4v) is 5.41. The van der Waals surface area contributed by atoms with Crippen LogP contribution in [0.3, 0.4) is 0 Å². The average molecular weight is 300 g/mol. The Morgan fingerprint density at radius 1 is 0.905 bits per heavy atom. The monoisotopic (exact) mass is 300 g/mol. The van der Waals surface area contributed by atoms with Gasteiger partial charge in [-0.3, -0.25) is 9.36 Å². The maximum atomic E-state index is 13.9. The number of hydrogen-bond donors (Lipinski definition) is 1. The van der Waals surface area contributed by atoms with E-state index >= 15 is 0 Å². The third kappa shape index (κ3) is 2.65. The van der Waals surface area contributed by atoms with Crippen molar-refractivity contribution in [2.45, 2.75) is 0 Å². The van der Waals surface area contributed by atoms with E-state index in [4.69, 9.17) is 0 Å². The van der Waals surface area contributed by atoms with E-state index in [2.05, 4.69) is 5.32 Å². The summed E-state index contributed by atoms with van der Waals surface area (Å²) < 4.78 is 15.7. The van der Waals surface area contributed by atoms with E-state index in [0.29, 0.717) is 13.1 Å². The van der Waals surface area contributed by atoms with Gasteiger partial charge in [0.15, 0.2) is 0 Å². The minimum Gasteiger partial charge on any atom is -0.354 e. The number of benzene rings is 2. The van der Waals surface area contributed by atoms with Crippen molar-refractivity contribution in [1.82, 2.24) is 9.99 Å². The van der Waals surface area contributed by atoms with Crippen LogP contribution in [-0.4, -0.2) is 30.2 Å². The smallest absolute Gasteiger partial charge is 0.234 e. The van der Waals surface area contributed by atoms with Gasteiger partial charge in [0.1, 0.15) is 0 Å². The Labute approximate surface area is 124 Å². The largest absolute Gasteiger partial charge is 0.354 e. The molecule has 0 unspecified atom stereocenters. The van der Waals surface area contributed by atoms with Crippen molar-refractivity contribution in [1.29, 1.82) is 0 Å². The quantitative estimate of drug-likeness (QED) is 0.871. The van der Waals surface area contributed by atoms with Gasteiger partial charge in [-0.25, -0.2) is 4.67 Å². The molecule has 21 heavy (non-hydrogen) atoms. The Morgan fingerprint density at radius 2 is 1.43 bits per heavy atom. The molecule has 108 valence electrons. The molecule has 1 aliphatic heterocycles. The number of carbonyl (C=O) groups is 1. The molecule has 0 atom stereocenters. The molecule has 0 spiro atoms. The molecular weight excluding hydrogens is 283 g/mol. The molecule has 0 radical (unpaired) electrons. The molecule has 1 heterocycles. The van der Waals surface area contributed by atoms with Crippen molar-refractivity contribution in [3.63, 3.8) is 0 Å². The van der Waals surface area contributed by atoms with Gasteiger partial charge in [-0.2, -0.15) is 0 Å². The molecule has 1 N–H and O–H groups in total. The highest BCUT2D eigenvalue weighted by Crippen LogP contribution is 2.47. The molecule has 2 aromatic rings. The fraction of sp³-hybridized carbons (Fsp3) is 0.188. The van der Waals surface area contributed by atoms with Crippen LogP contribution in [0.5, 0.6) is 0 Å². The summed E-state index contributed by atoms with van der Waals surface area (Å²) in [6.45, 7) is 1.29. The van der Waals surface area contributed by atoms with Crippen molar-refractivity contribution in [3.8, 4) is 0 Å². The van der Waals surface area contributed by atoms with Crippen LogP contribution in [-0.2, 0) is 9.36 Å². The molecule has 1 fully saturated rings. The fourth-order valence-electron chi connectivity index (χ4n) is 2.60. The summed E-state index contributed by atoms with van der Waals surface area (Å²) in [5.41, 5.74) is 0. The molecule has 4 nitrogen and oxygen atoms in total. The van der Waals surface area contributed by atoms with Gasteiger partial charge >= 0.3 is 0 Å². The maximum Gasteiger partial charge on any atom is 0.234 e. The first kappa shape index (κ1) is 14.1. The first-order chi connectivity index (χ1) is 10.2. The number of hydrogen-bond acceptors (Lipinski definition) is 2. The standard InChI is InChI=1S/C16H17N2O2P/c19-16-13-18(12-11-17-16)21(20,14-7-3-1-4-8-14)15-9-5-2-6-10-15/h1-10H,11-13H2,(H,17,19). The van der Waals surface area contributed by atoms with Gasteiger partial charge in [0.25, 0.3) is 0 Å². The second kappa shape index (κ2) is 5.84. The molecule has 2 aromatic carbocycles. The van der Waals surface area contributed by atoms with E-state index in [1.54, 1.807) is 0 Å². The van der Waals surface area contributed by atoms with E-state index in [9.17, 15) is 9.36 Å². The lowest BCUT2D eigenvalue weighted by Gasteiger charge is -2.34. The van der Waals surface area contributed by atoms with Crippen LogP contribution in [0.25, 0.3) is 0 Å². The molecule has 5 heteroatoms. The van der Waals surface area contributed by atoms with Gasteiger partial charge in [0.2, 0.25) is 13.2 Å². The van der Waals surface area contributed by atoms with E-state index in [1.807, 2.05) is 65.3 Å². The lowest BCUT2D eigenvalue weighted by molar-refractivity contribution is -0.122. The van der Waals surface area contributed by atoms with Gasteiger partial charge in [0.05, 0.1) is 6.54 Å². The molecule has 0 aliphatic carbocycles. The van der Waals surface area contributed by atoms with E-state index in [-0.39, 0.29) is 12.5 Å². The number of rotatable bonds is 3. The second-order valence-corrected chi connectivity index (χ2v) is 7.74. The molecule has 0 saturated carbocycles. The van der Waals surface area contributed by atoms with E-state index in [1.165, 1.54) is 0 Å². The lowest BCUT2D eigenvalue weighted by Crippen LogP contribution is -2.48. The highest BCUT2D eigenvalue weighted by atomic mass is 31.2. The van der Waals surface area contributed by atoms with Gasteiger partial charge in [0, 0.05) is 23.7 Å². The van der Waals surface area contributed by atoms with Crippen molar-refractivity contribution >= 4 is 23.8 Å². The average Bonchev–Trinajstić information content (AvgIpc) is 2.56.